The van der Waals surface area contributed by atoms with Crippen molar-refractivity contribution in [1.29, 1.82) is 0 Å². The lowest BCUT2D eigenvalue weighted by atomic mass is 10.2. The molecule has 0 spiro atoms. The highest BCUT2D eigenvalue weighted by Crippen LogP contribution is 2.23. The van der Waals surface area contributed by atoms with Crippen LogP contribution in [0.15, 0.2) is 60.0 Å². The van der Waals surface area contributed by atoms with E-state index in [0.29, 0.717) is 5.01 Å². The van der Waals surface area contributed by atoms with E-state index < -0.39 is 23.8 Å². The molecule has 7 heteroatoms. The highest BCUT2D eigenvalue weighted by Gasteiger charge is 2.21. The van der Waals surface area contributed by atoms with Gasteiger partial charge in [-0.3, -0.25) is 4.79 Å². The van der Waals surface area contributed by atoms with Crippen molar-refractivity contribution in [2.45, 2.75) is 13.0 Å². The van der Waals surface area contributed by atoms with Crippen LogP contribution in [0.1, 0.15) is 17.4 Å². The van der Waals surface area contributed by atoms with E-state index in [1.165, 1.54) is 36.5 Å². The number of rotatable bonds is 5. The molecule has 1 atom stereocenters. The largest absolute Gasteiger partial charge is 0.448 e. The minimum Gasteiger partial charge on any atom is -0.448 e. The van der Waals surface area contributed by atoms with E-state index in [1.807, 2.05) is 30.3 Å². The Balaban J connectivity index is 1.63. The molecule has 0 radical (unpaired) electrons. The van der Waals surface area contributed by atoms with Crippen LogP contribution < -0.4 is 5.32 Å². The van der Waals surface area contributed by atoms with Crippen LogP contribution in [-0.4, -0.2) is 23.0 Å². The molecule has 0 bridgehead atoms. The number of carbonyl (C=O) groups excluding carboxylic acids is 2. The van der Waals surface area contributed by atoms with Crippen LogP contribution in [0.25, 0.3) is 10.6 Å². The maximum atomic E-state index is 13.6. The summed E-state index contributed by atoms with van der Waals surface area (Å²) >= 11 is 1.31. The minimum atomic E-state index is -1.09. The van der Waals surface area contributed by atoms with E-state index >= 15 is 0 Å². The fraction of sp³-hybridized carbons (Fsp3) is 0.105. The first-order valence-electron chi connectivity index (χ1n) is 7.82. The Morgan fingerprint density at radius 1 is 1.12 bits per heavy atom. The van der Waals surface area contributed by atoms with Gasteiger partial charge in [0, 0.05) is 10.9 Å². The van der Waals surface area contributed by atoms with Crippen LogP contribution >= 0.6 is 11.3 Å². The SMILES string of the molecule is C[C@H](OC(=O)c1csc(-c2ccccc2)n1)C(=O)Nc1ccccc1F. The van der Waals surface area contributed by atoms with Crippen LogP contribution in [0.3, 0.4) is 0 Å². The molecule has 0 saturated heterocycles. The first-order valence-corrected chi connectivity index (χ1v) is 8.70. The molecule has 1 amide bonds. The zero-order valence-corrected chi connectivity index (χ0v) is 14.6. The van der Waals surface area contributed by atoms with Gasteiger partial charge in [0.05, 0.1) is 5.69 Å². The van der Waals surface area contributed by atoms with Gasteiger partial charge in [-0.05, 0) is 19.1 Å². The molecule has 1 aromatic heterocycles. The number of amides is 1. The first-order chi connectivity index (χ1) is 12.5. The Hall–Kier alpha value is -3.06. The number of ether oxygens (including phenoxy) is 1. The van der Waals surface area contributed by atoms with Crippen molar-refractivity contribution in [3.8, 4) is 10.6 Å². The fourth-order valence-corrected chi connectivity index (χ4v) is 2.95. The lowest BCUT2D eigenvalue weighted by Gasteiger charge is -2.13. The number of hydrogen-bond acceptors (Lipinski definition) is 5. The number of para-hydroxylation sites is 1. The van der Waals surface area contributed by atoms with E-state index in [0.717, 1.165) is 5.56 Å². The van der Waals surface area contributed by atoms with Crippen LogP contribution in [0, 0.1) is 5.82 Å². The maximum Gasteiger partial charge on any atom is 0.358 e. The van der Waals surface area contributed by atoms with E-state index in [9.17, 15) is 14.0 Å². The Labute approximate surface area is 153 Å². The van der Waals surface area contributed by atoms with Crippen LogP contribution in [0.2, 0.25) is 0 Å². The maximum absolute atomic E-state index is 13.6. The van der Waals surface area contributed by atoms with E-state index in [1.54, 1.807) is 11.4 Å². The minimum absolute atomic E-state index is 0.0282. The van der Waals surface area contributed by atoms with Gasteiger partial charge in [-0.15, -0.1) is 11.3 Å². The average Bonchev–Trinajstić information content (AvgIpc) is 3.14. The summed E-state index contributed by atoms with van der Waals surface area (Å²) in [5.74, 6) is -1.90. The topological polar surface area (TPSA) is 68.3 Å². The Morgan fingerprint density at radius 3 is 2.54 bits per heavy atom. The Kier molecular flexibility index (Phi) is 5.38. The third kappa shape index (κ3) is 4.12. The van der Waals surface area contributed by atoms with Gasteiger partial charge in [0.25, 0.3) is 5.91 Å². The van der Waals surface area contributed by atoms with Crippen molar-refractivity contribution in [3.05, 3.63) is 71.5 Å². The predicted octanol–water partition coefficient (Wildman–Crippen LogP) is 4.13. The molecule has 2 aromatic carbocycles. The summed E-state index contributed by atoms with van der Waals surface area (Å²) in [6.45, 7) is 1.42. The third-order valence-electron chi connectivity index (χ3n) is 3.52. The third-order valence-corrected chi connectivity index (χ3v) is 4.41. The quantitative estimate of drug-likeness (QED) is 0.686. The van der Waals surface area contributed by atoms with Gasteiger partial charge in [0.1, 0.15) is 10.8 Å². The van der Waals surface area contributed by atoms with Gasteiger partial charge >= 0.3 is 5.97 Å². The zero-order valence-electron chi connectivity index (χ0n) is 13.8. The molecule has 0 saturated carbocycles. The fourth-order valence-electron chi connectivity index (χ4n) is 2.15. The van der Waals surface area contributed by atoms with Crippen LogP contribution in [0.5, 0.6) is 0 Å². The zero-order chi connectivity index (χ0) is 18.5. The van der Waals surface area contributed by atoms with Crippen molar-refractivity contribution < 1.29 is 18.7 Å². The summed E-state index contributed by atoms with van der Waals surface area (Å²) in [5, 5.41) is 4.65. The molecule has 0 unspecified atom stereocenters. The van der Waals surface area contributed by atoms with Gasteiger partial charge < -0.3 is 10.1 Å². The molecular formula is C19H15FN2O3S. The van der Waals surface area contributed by atoms with Gasteiger partial charge in [0.15, 0.2) is 11.8 Å². The number of esters is 1. The van der Waals surface area contributed by atoms with Crippen LogP contribution in [-0.2, 0) is 9.53 Å². The summed E-state index contributed by atoms with van der Waals surface area (Å²) < 4.78 is 18.7. The lowest BCUT2D eigenvalue weighted by Crippen LogP contribution is -2.30. The molecule has 132 valence electrons. The Morgan fingerprint density at radius 2 is 1.81 bits per heavy atom. The molecule has 0 aliphatic carbocycles. The summed E-state index contributed by atoms with van der Waals surface area (Å²) in [4.78, 5) is 28.5. The van der Waals surface area contributed by atoms with Crippen molar-refractivity contribution >= 4 is 28.9 Å². The highest BCUT2D eigenvalue weighted by molar-refractivity contribution is 7.13. The van der Waals surface area contributed by atoms with Gasteiger partial charge in [0.2, 0.25) is 0 Å². The van der Waals surface area contributed by atoms with Crippen LogP contribution in [0.4, 0.5) is 10.1 Å². The second-order valence-electron chi connectivity index (χ2n) is 5.42. The molecule has 5 nitrogen and oxygen atoms in total. The molecular weight excluding hydrogens is 355 g/mol. The molecule has 3 aromatic rings. The first kappa shape index (κ1) is 17.8. The normalized spacial score (nSPS) is 11.6. The number of anilines is 1. The van der Waals surface area contributed by atoms with Crippen molar-refractivity contribution in [3.63, 3.8) is 0 Å². The number of aromatic nitrogens is 1. The number of benzene rings is 2. The Bertz CT molecular complexity index is 927. The monoisotopic (exact) mass is 370 g/mol. The molecule has 0 aliphatic rings. The molecule has 3 rings (SSSR count). The molecule has 1 N–H and O–H groups in total. The lowest BCUT2D eigenvalue weighted by molar-refractivity contribution is -0.123. The molecule has 0 aliphatic heterocycles. The number of carbonyl (C=O) groups is 2. The standard InChI is InChI=1S/C19H15FN2O3S/c1-12(17(23)21-15-10-6-5-9-14(15)20)25-19(24)16-11-26-18(22-16)13-7-3-2-4-8-13/h2-12H,1H3,(H,21,23)/t12-/m0/s1. The number of nitrogens with zero attached hydrogens (tertiary/aromatic N) is 1. The average molecular weight is 370 g/mol. The van der Waals surface area contributed by atoms with Gasteiger partial charge in [-0.25, -0.2) is 14.2 Å². The highest BCUT2D eigenvalue weighted by atomic mass is 32.1. The molecule has 0 fully saturated rings. The van der Waals surface area contributed by atoms with E-state index in [4.69, 9.17) is 4.74 Å². The molecule has 1 heterocycles. The summed E-state index contributed by atoms with van der Waals surface area (Å²) in [6.07, 6.45) is -1.09. The number of thiazole rings is 1. The second-order valence-corrected chi connectivity index (χ2v) is 6.28. The van der Waals surface area contributed by atoms with Gasteiger partial charge in [-0.2, -0.15) is 0 Å². The van der Waals surface area contributed by atoms with Crippen molar-refractivity contribution in [2.75, 3.05) is 5.32 Å². The van der Waals surface area contributed by atoms with E-state index in [-0.39, 0.29) is 11.4 Å². The number of halogens is 1. The summed E-state index contributed by atoms with van der Waals surface area (Å²) in [7, 11) is 0. The second kappa shape index (κ2) is 7.88. The van der Waals surface area contributed by atoms with E-state index in [2.05, 4.69) is 10.3 Å². The predicted molar refractivity (Wildman–Crippen MR) is 97.5 cm³/mol. The smallest absolute Gasteiger partial charge is 0.358 e. The van der Waals surface area contributed by atoms with Crippen molar-refractivity contribution in [2.24, 2.45) is 0 Å². The molecule has 26 heavy (non-hydrogen) atoms. The van der Waals surface area contributed by atoms with Gasteiger partial charge in [-0.1, -0.05) is 42.5 Å². The number of nitrogens with one attached hydrogen (secondary N) is 1. The summed E-state index contributed by atoms with van der Waals surface area (Å²) in [5.41, 5.74) is 1.04. The summed E-state index contributed by atoms with van der Waals surface area (Å²) in [6, 6.07) is 15.2. The van der Waals surface area contributed by atoms with Crippen molar-refractivity contribution in [1.82, 2.24) is 4.98 Å². The number of hydrogen-bond donors (Lipinski definition) is 1.